The average Bonchev–Trinajstić information content (AvgIpc) is 2.25. The van der Waals surface area contributed by atoms with Gasteiger partial charge in [-0.05, 0) is 32.1 Å². The molecule has 4 nitrogen and oxygen atoms in total. The summed E-state index contributed by atoms with van der Waals surface area (Å²) >= 11 is 0. The van der Waals surface area contributed by atoms with Gasteiger partial charge in [0.15, 0.2) is 0 Å². The van der Waals surface area contributed by atoms with Crippen LogP contribution in [0.5, 0.6) is 0 Å². The molecule has 0 aromatic rings. The lowest BCUT2D eigenvalue weighted by atomic mass is 9.87. The summed E-state index contributed by atoms with van der Waals surface area (Å²) in [4.78, 5) is 26.2. The summed E-state index contributed by atoms with van der Waals surface area (Å²) in [6, 6.07) is -0.405. The van der Waals surface area contributed by atoms with Crippen molar-refractivity contribution in [2.24, 2.45) is 5.41 Å². The lowest BCUT2D eigenvalue weighted by Gasteiger charge is -2.46. The van der Waals surface area contributed by atoms with Crippen molar-refractivity contribution in [3.8, 4) is 0 Å². The molecule has 1 saturated heterocycles. The van der Waals surface area contributed by atoms with Crippen molar-refractivity contribution < 1.29 is 9.59 Å². The van der Waals surface area contributed by atoms with Gasteiger partial charge in [-0.1, -0.05) is 27.7 Å². The molecule has 2 unspecified atom stereocenters. The molecule has 0 spiro atoms. The van der Waals surface area contributed by atoms with E-state index < -0.39 is 11.6 Å². The maximum atomic E-state index is 12.3. The molecule has 0 saturated carbocycles. The summed E-state index contributed by atoms with van der Waals surface area (Å²) in [5, 5.41) is 2.77. The lowest BCUT2D eigenvalue weighted by molar-refractivity contribution is -0.156. The fourth-order valence-electron chi connectivity index (χ4n) is 2.17. The van der Waals surface area contributed by atoms with Gasteiger partial charge in [0, 0.05) is 6.54 Å². The van der Waals surface area contributed by atoms with Crippen molar-refractivity contribution in [2.75, 3.05) is 6.54 Å². The number of hydrogen-bond acceptors (Lipinski definition) is 2. The third-order valence-corrected chi connectivity index (χ3v) is 3.84. The van der Waals surface area contributed by atoms with Gasteiger partial charge >= 0.3 is 0 Å². The normalized spacial score (nSPS) is 29.4. The van der Waals surface area contributed by atoms with E-state index in [0.29, 0.717) is 13.0 Å². The van der Waals surface area contributed by atoms with E-state index in [1.807, 2.05) is 13.8 Å². The first-order valence-corrected chi connectivity index (χ1v) is 6.74. The molecule has 0 aliphatic carbocycles. The Morgan fingerprint density at radius 1 is 1.33 bits per heavy atom. The zero-order valence-corrected chi connectivity index (χ0v) is 12.5. The Morgan fingerprint density at radius 2 is 1.89 bits per heavy atom. The van der Waals surface area contributed by atoms with E-state index in [1.165, 1.54) is 0 Å². The van der Waals surface area contributed by atoms with Crippen molar-refractivity contribution in [1.29, 1.82) is 0 Å². The highest BCUT2D eigenvalue weighted by Gasteiger charge is 2.46. The number of carbonyl (C=O) groups excluding carboxylic acids is 2. The maximum Gasteiger partial charge on any atom is 0.246 e. The zero-order chi connectivity index (χ0) is 14.1. The number of hydrogen-bond donors (Lipinski definition) is 1. The Morgan fingerprint density at radius 3 is 2.33 bits per heavy atom. The van der Waals surface area contributed by atoms with Crippen LogP contribution in [0.1, 0.15) is 54.4 Å². The molecule has 0 aromatic heterocycles. The number of nitrogens with one attached hydrogen (secondary N) is 1. The van der Waals surface area contributed by atoms with Crippen LogP contribution in [0.4, 0.5) is 0 Å². The van der Waals surface area contributed by atoms with Crippen LogP contribution in [-0.2, 0) is 9.59 Å². The first-order valence-electron chi connectivity index (χ1n) is 6.74. The summed E-state index contributed by atoms with van der Waals surface area (Å²) in [6.07, 6.45) is 1.54. The molecule has 1 rings (SSSR count). The van der Waals surface area contributed by atoms with Gasteiger partial charge in [0.05, 0.1) is 0 Å². The van der Waals surface area contributed by atoms with E-state index >= 15 is 0 Å². The van der Waals surface area contributed by atoms with Crippen LogP contribution in [0.2, 0.25) is 0 Å². The largest absolute Gasteiger partial charge is 0.343 e. The van der Waals surface area contributed by atoms with Gasteiger partial charge in [-0.25, -0.2) is 0 Å². The van der Waals surface area contributed by atoms with Gasteiger partial charge in [-0.3, -0.25) is 9.59 Å². The Labute approximate surface area is 110 Å². The lowest BCUT2D eigenvalue weighted by Crippen LogP contribution is -2.68. The van der Waals surface area contributed by atoms with E-state index in [9.17, 15) is 9.59 Å². The minimum Gasteiger partial charge on any atom is -0.343 e. The molecule has 0 bridgehead atoms. The Hall–Kier alpha value is -1.06. The molecular formula is C14H26N2O2. The molecule has 18 heavy (non-hydrogen) atoms. The zero-order valence-electron chi connectivity index (χ0n) is 12.5. The summed E-state index contributed by atoms with van der Waals surface area (Å²) < 4.78 is 0. The Balaban J connectivity index is 2.93. The molecular weight excluding hydrogens is 228 g/mol. The van der Waals surface area contributed by atoms with Gasteiger partial charge in [-0.2, -0.15) is 0 Å². The molecule has 1 fully saturated rings. The van der Waals surface area contributed by atoms with E-state index in [2.05, 4.69) is 26.1 Å². The molecule has 2 atom stereocenters. The molecule has 1 N–H and O–H groups in total. The van der Waals surface area contributed by atoms with E-state index in [0.717, 1.165) is 6.42 Å². The van der Waals surface area contributed by atoms with Crippen molar-refractivity contribution in [2.45, 2.75) is 66.0 Å². The predicted molar refractivity (Wildman–Crippen MR) is 72.1 cm³/mol. The van der Waals surface area contributed by atoms with Crippen molar-refractivity contribution in [1.82, 2.24) is 10.2 Å². The van der Waals surface area contributed by atoms with Gasteiger partial charge in [0.2, 0.25) is 11.8 Å². The summed E-state index contributed by atoms with van der Waals surface area (Å²) in [7, 11) is 0. The van der Waals surface area contributed by atoms with Gasteiger partial charge in [-0.15, -0.1) is 0 Å². The SMILES string of the molecule is CCC1(C)C(=O)NC(C)C(=O)N1CCC(C)(C)C. The first kappa shape index (κ1) is 15.0. The highest BCUT2D eigenvalue weighted by Crippen LogP contribution is 2.28. The summed E-state index contributed by atoms with van der Waals surface area (Å²) in [5.74, 6) is -0.00536. The number of carbonyl (C=O) groups is 2. The monoisotopic (exact) mass is 254 g/mol. The smallest absolute Gasteiger partial charge is 0.246 e. The third kappa shape index (κ3) is 2.85. The minimum absolute atomic E-state index is 0.0307. The van der Waals surface area contributed by atoms with Crippen LogP contribution in [0.3, 0.4) is 0 Å². The fourth-order valence-corrected chi connectivity index (χ4v) is 2.17. The molecule has 1 aliphatic rings. The fraction of sp³-hybridized carbons (Fsp3) is 0.857. The molecule has 2 amide bonds. The minimum atomic E-state index is -0.700. The van der Waals surface area contributed by atoms with E-state index in [1.54, 1.807) is 11.8 Å². The second-order valence-electron chi connectivity index (χ2n) is 6.62. The van der Waals surface area contributed by atoms with Crippen LogP contribution >= 0.6 is 0 Å². The van der Waals surface area contributed by atoms with Crippen LogP contribution in [0, 0.1) is 5.41 Å². The van der Waals surface area contributed by atoms with Crippen molar-refractivity contribution >= 4 is 11.8 Å². The standard InChI is InChI=1S/C14H26N2O2/c1-7-14(6)12(18)15-10(2)11(17)16(14)9-8-13(3,4)5/h10H,7-9H2,1-6H3,(H,15,18). The predicted octanol–water partition coefficient (Wildman–Crippen LogP) is 1.94. The summed E-state index contributed by atoms with van der Waals surface area (Å²) in [6.45, 7) is 12.6. The van der Waals surface area contributed by atoms with E-state index in [4.69, 9.17) is 0 Å². The third-order valence-electron chi connectivity index (χ3n) is 3.84. The molecule has 0 aromatic carbocycles. The number of amides is 2. The molecule has 104 valence electrons. The second-order valence-corrected chi connectivity index (χ2v) is 6.62. The Bertz CT molecular complexity index is 346. The van der Waals surface area contributed by atoms with Crippen molar-refractivity contribution in [3.05, 3.63) is 0 Å². The molecule has 1 heterocycles. The average molecular weight is 254 g/mol. The van der Waals surface area contributed by atoms with Crippen LogP contribution in [-0.4, -0.2) is 34.8 Å². The first-order chi connectivity index (χ1) is 8.12. The van der Waals surface area contributed by atoms with Crippen LogP contribution in [0.25, 0.3) is 0 Å². The number of nitrogens with zero attached hydrogens (tertiary/aromatic N) is 1. The second kappa shape index (κ2) is 4.90. The highest BCUT2D eigenvalue weighted by atomic mass is 16.2. The van der Waals surface area contributed by atoms with E-state index in [-0.39, 0.29) is 17.2 Å². The highest BCUT2D eigenvalue weighted by molar-refractivity contribution is 5.99. The summed E-state index contributed by atoms with van der Waals surface area (Å²) in [5.41, 5.74) is -0.541. The van der Waals surface area contributed by atoms with Crippen molar-refractivity contribution in [3.63, 3.8) is 0 Å². The van der Waals surface area contributed by atoms with Gasteiger partial charge in [0.1, 0.15) is 11.6 Å². The quantitative estimate of drug-likeness (QED) is 0.836. The Kier molecular flexibility index (Phi) is 4.08. The van der Waals surface area contributed by atoms with Gasteiger partial charge in [0.25, 0.3) is 0 Å². The number of rotatable bonds is 3. The van der Waals surface area contributed by atoms with Crippen LogP contribution in [0.15, 0.2) is 0 Å². The molecule has 0 radical (unpaired) electrons. The van der Waals surface area contributed by atoms with Gasteiger partial charge < -0.3 is 10.2 Å². The maximum absolute atomic E-state index is 12.3. The topological polar surface area (TPSA) is 49.4 Å². The molecule has 4 heteroatoms. The van der Waals surface area contributed by atoms with Crippen LogP contribution < -0.4 is 5.32 Å². The molecule has 1 aliphatic heterocycles. The number of piperazine rings is 1.